The van der Waals surface area contributed by atoms with E-state index < -0.39 is 38.1 Å². The first-order valence-electron chi connectivity index (χ1n) is 10.2. The Kier molecular flexibility index (Phi) is 5.58. The molecule has 5 heterocycles. The molecule has 34 heavy (non-hydrogen) atoms. The number of nitrogens with zero attached hydrogens (tertiary/aromatic N) is 6. The molecular formula is C19H20N7O7P. The van der Waals surface area contributed by atoms with Gasteiger partial charge in [-0.3, -0.25) is 18.1 Å². The SMILES string of the molecule is C[C@@]1(O)[C@H](O)C(OP2(=O)OCCC(c3ccc(C#N)nc3)O2)O[C@H]1n1cnc2c(N)ncnc21. The Morgan fingerprint density at radius 1 is 1.35 bits per heavy atom. The number of hydrogen-bond donors (Lipinski definition) is 3. The second-order valence-electron chi connectivity index (χ2n) is 7.97. The van der Waals surface area contributed by atoms with Crippen LogP contribution in [0.5, 0.6) is 0 Å². The Hall–Kier alpha value is -3.02. The summed E-state index contributed by atoms with van der Waals surface area (Å²) < 4.78 is 36.6. The quantitative estimate of drug-likeness (QED) is 0.438. The number of phosphoric ester groups is 1. The second kappa shape index (κ2) is 8.33. The van der Waals surface area contributed by atoms with E-state index in [1.165, 1.54) is 36.4 Å². The van der Waals surface area contributed by atoms with Gasteiger partial charge in [-0.15, -0.1) is 0 Å². The highest BCUT2D eigenvalue weighted by molar-refractivity contribution is 7.48. The number of nitriles is 1. The Morgan fingerprint density at radius 3 is 2.91 bits per heavy atom. The van der Waals surface area contributed by atoms with Crippen molar-refractivity contribution in [2.24, 2.45) is 0 Å². The minimum atomic E-state index is -4.22. The number of nitrogens with two attached hydrogens (primary N) is 1. The molecule has 0 aromatic carbocycles. The average molecular weight is 489 g/mol. The van der Waals surface area contributed by atoms with E-state index in [2.05, 4.69) is 19.9 Å². The van der Waals surface area contributed by atoms with Crippen molar-refractivity contribution < 1.29 is 33.1 Å². The van der Waals surface area contributed by atoms with Gasteiger partial charge in [-0.05, 0) is 18.6 Å². The molecule has 2 aliphatic heterocycles. The number of aliphatic hydroxyl groups is 2. The Bertz CT molecular complexity index is 1310. The van der Waals surface area contributed by atoms with Gasteiger partial charge in [0.2, 0.25) is 6.29 Å². The van der Waals surface area contributed by atoms with Crippen LogP contribution in [0.25, 0.3) is 11.2 Å². The number of pyridine rings is 1. The molecule has 0 radical (unpaired) electrons. The van der Waals surface area contributed by atoms with E-state index in [-0.39, 0.29) is 29.3 Å². The van der Waals surface area contributed by atoms with Crippen LogP contribution in [0.15, 0.2) is 31.0 Å². The molecule has 0 aliphatic carbocycles. The highest BCUT2D eigenvalue weighted by Gasteiger charge is 2.57. The van der Waals surface area contributed by atoms with E-state index in [9.17, 15) is 14.8 Å². The molecule has 2 saturated heterocycles. The van der Waals surface area contributed by atoms with Crippen molar-refractivity contribution in [3.05, 3.63) is 42.2 Å². The standard InChI is InChI=1S/C19H20N7O7P/c1-19(28)14(27)17(31-18(19)26-9-25-13-15(21)23-8-24-16(13)26)33-34(29)30-5-4-12(32-34)10-2-3-11(6-20)22-7-10/h2-3,7-9,12,14,17-18,27-28H,4-5H2,1H3,(H2,21,23,24)/t12?,14-,17?,18-,19-,34?/m1/s1. The predicted molar refractivity (Wildman–Crippen MR) is 112 cm³/mol. The summed E-state index contributed by atoms with van der Waals surface area (Å²) in [5, 5.41) is 30.6. The van der Waals surface area contributed by atoms with Gasteiger partial charge < -0.3 is 20.7 Å². The van der Waals surface area contributed by atoms with Gasteiger partial charge in [0.25, 0.3) is 0 Å². The molecule has 0 saturated carbocycles. The molecule has 5 rings (SSSR count). The van der Waals surface area contributed by atoms with Gasteiger partial charge in [-0.25, -0.2) is 24.5 Å². The summed E-state index contributed by atoms with van der Waals surface area (Å²) in [7, 11) is -4.22. The number of phosphoric acid groups is 1. The van der Waals surface area contributed by atoms with E-state index in [0.717, 1.165) is 0 Å². The van der Waals surface area contributed by atoms with Gasteiger partial charge in [-0.2, -0.15) is 5.26 Å². The first-order chi connectivity index (χ1) is 16.2. The van der Waals surface area contributed by atoms with Gasteiger partial charge in [0.05, 0.1) is 19.0 Å². The monoisotopic (exact) mass is 489 g/mol. The number of aromatic nitrogens is 5. The summed E-state index contributed by atoms with van der Waals surface area (Å²) in [5.74, 6) is 0.131. The lowest BCUT2D eigenvalue weighted by Gasteiger charge is -2.31. The smallest absolute Gasteiger partial charge is 0.385 e. The number of ether oxygens (including phenoxy) is 1. The molecule has 2 fully saturated rings. The molecule has 6 atom stereocenters. The minimum Gasteiger partial charge on any atom is -0.385 e. The topological polar surface area (TPSA) is 201 Å². The zero-order valence-electron chi connectivity index (χ0n) is 17.8. The number of nitrogen functional groups attached to an aromatic ring is 1. The molecule has 14 nitrogen and oxygen atoms in total. The highest BCUT2D eigenvalue weighted by atomic mass is 31.2. The van der Waals surface area contributed by atoms with Crippen LogP contribution in [-0.2, 0) is 22.9 Å². The largest absolute Gasteiger partial charge is 0.477 e. The minimum absolute atomic E-state index is 0.0347. The molecule has 178 valence electrons. The van der Waals surface area contributed by atoms with Gasteiger partial charge in [-0.1, -0.05) is 6.07 Å². The molecule has 0 spiro atoms. The van der Waals surface area contributed by atoms with Crippen molar-refractivity contribution in [2.75, 3.05) is 12.3 Å². The van der Waals surface area contributed by atoms with Crippen LogP contribution in [0, 0.1) is 11.3 Å². The van der Waals surface area contributed by atoms with Crippen molar-refractivity contribution in [3.63, 3.8) is 0 Å². The molecule has 3 unspecified atom stereocenters. The number of anilines is 1. The third kappa shape index (κ3) is 3.83. The molecule has 2 aliphatic rings. The maximum Gasteiger partial charge on any atom is 0.477 e. The van der Waals surface area contributed by atoms with E-state index in [0.29, 0.717) is 12.0 Å². The lowest BCUT2D eigenvalue weighted by molar-refractivity contribution is -0.145. The average Bonchev–Trinajstić information content (AvgIpc) is 3.34. The van der Waals surface area contributed by atoms with Crippen molar-refractivity contribution in [2.45, 2.75) is 43.7 Å². The van der Waals surface area contributed by atoms with Gasteiger partial charge >= 0.3 is 7.82 Å². The fourth-order valence-corrected chi connectivity index (χ4v) is 5.27. The van der Waals surface area contributed by atoms with Crippen molar-refractivity contribution in [1.82, 2.24) is 24.5 Å². The Labute approximate surface area is 192 Å². The molecular weight excluding hydrogens is 469 g/mol. The summed E-state index contributed by atoms with van der Waals surface area (Å²) in [6.45, 7) is 1.36. The van der Waals surface area contributed by atoms with E-state index in [1.54, 1.807) is 6.07 Å². The van der Waals surface area contributed by atoms with Crippen LogP contribution in [0.2, 0.25) is 0 Å². The van der Waals surface area contributed by atoms with E-state index in [1.807, 2.05) is 6.07 Å². The number of hydrogen-bond acceptors (Lipinski definition) is 13. The van der Waals surface area contributed by atoms with Gasteiger partial charge in [0.1, 0.15) is 35.3 Å². The Balaban J connectivity index is 1.37. The number of fused-ring (bicyclic) bond motifs is 1. The van der Waals surface area contributed by atoms with Crippen LogP contribution in [-0.4, -0.2) is 59.3 Å². The number of imidazole rings is 1. The van der Waals surface area contributed by atoms with Crippen molar-refractivity contribution in [3.8, 4) is 6.07 Å². The fourth-order valence-electron chi connectivity index (χ4n) is 3.81. The number of rotatable bonds is 4. The third-order valence-corrected chi connectivity index (χ3v) is 7.13. The molecule has 15 heteroatoms. The molecule has 0 bridgehead atoms. The van der Waals surface area contributed by atoms with E-state index in [4.69, 9.17) is 29.3 Å². The molecule has 3 aromatic rings. The summed E-state index contributed by atoms with van der Waals surface area (Å²) >= 11 is 0. The number of aliphatic hydroxyl groups excluding tert-OH is 1. The lowest BCUT2D eigenvalue weighted by atomic mass is 9.99. The summed E-state index contributed by atoms with van der Waals surface area (Å²) in [6.07, 6.45) is -0.758. The third-order valence-electron chi connectivity index (χ3n) is 5.65. The second-order valence-corrected chi connectivity index (χ2v) is 9.54. The summed E-state index contributed by atoms with van der Waals surface area (Å²) in [5.41, 5.74) is 5.26. The van der Waals surface area contributed by atoms with Crippen LogP contribution < -0.4 is 5.73 Å². The first-order valence-corrected chi connectivity index (χ1v) is 11.6. The predicted octanol–water partition coefficient (Wildman–Crippen LogP) is 0.945. The van der Waals surface area contributed by atoms with Crippen molar-refractivity contribution in [1.29, 1.82) is 5.26 Å². The zero-order valence-corrected chi connectivity index (χ0v) is 18.6. The maximum atomic E-state index is 13.2. The van der Waals surface area contributed by atoms with Crippen LogP contribution in [0.4, 0.5) is 5.82 Å². The maximum absolute atomic E-state index is 13.2. The first kappa shape index (κ1) is 22.8. The molecule has 4 N–H and O–H groups in total. The molecule has 0 amide bonds. The summed E-state index contributed by atoms with van der Waals surface area (Å²) in [6, 6.07) is 5.06. The summed E-state index contributed by atoms with van der Waals surface area (Å²) in [4.78, 5) is 16.1. The fraction of sp³-hybridized carbons (Fsp3) is 0.421. The Morgan fingerprint density at radius 2 is 2.18 bits per heavy atom. The van der Waals surface area contributed by atoms with Crippen LogP contribution in [0.3, 0.4) is 0 Å². The highest BCUT2D eigenvalue weighted by Crippen LogP contribution is 2.59. The normalized spacial score (nSPS) is 33.7. The van der Waals surface area contributed by atoms with Gasteiger partial charge in [0, 0.05) is 12.6 Å². The van der Waals surface area contributed by atoms with Crippen LogP contribution in [0.1, 0.15) is 36.9 Å². The van der Waals surface area contributed by atoms with Crippen molar-refractivity contribution >= 4 is 24.8 Å². The van der Waals surface area contributed by atoms with E-state index >= 15 is 0 Å². The molecule has 3 aromatic heterocycles. The van der Waals surface area contributed by atoms with Crippen LogP contribution >= 0.6 is 7.82 Å². The lowest BCUT2D eigenvalue weighted by Crippen LogP contribution is -2.44. The zero-order chi connectivity index (χ0) is 24.1. The van der Waals surface area contributed by atoms with Gasteiger partial charge in [0.15, 0.2) is 17.7 Å².